The van der Waals surface area contributed by atoms with Crippen LogP contribution < -0.4 is 28.7 Å². The smallest absolute Gasteiger partial charge is 0.320 e. The number of oxime groups is 1. The normalized spacial score (nSPS) is 11.7. The fraction of sp³-hybridized carbons (Fsp3) is 0.769. The quantitative estimate of drug-likeness (QED) is 0.112. The maximum atomic E-state index is 10.3. The summed E-state index contributed by atoms with van der Waals surface area (Å²) < 4.78 is 0. The largest absolute Gasteiger partial charge is 0.480 e. The highest BCUT2D eigenvalue weighted by atomic mass is 16.6. The third-order valence-corrected chi connectivity index (χ3v) is 2.57. The van der Waals surface area contributed by atoms with Gasteiger partial charge in [0.25, 0.3) is 0 Å². The summed E-state index contributed by atoms with van der Waals surface area (Å²) in [6.45, 7) is 2.89. The summed E-state index contributed by atoms with van der Waals surface area (Å²) in [6, 6.07) is -0.699. The topological polar surface area (TPSA) is 216 Å². The van der Waals surface area contributed by atoms with Gasteiger partial charge in [-0.1, -0.05) is 7.43 Å². The first kappa shape index (κ1) is 26.6. The molecule has 0 aliphatic heterocycles. The van der Waals surface area contributed by atoms with E-state index < -0.39 is 12.0 Å². The molecule has 0 rings (SSSR count). The lowest BCUT2D eigenvalue weighted by molar-refractivity contribution is -0.138. The Kier molecular flexibility index (Phi) is 17.3. The van der Waals surface area contributed by atoms with Crippen molar-refractivity contribution in [2.75, 3.05) is 20.2 Å². The Balaban J connectivity index is -0.000000364. The summed E-state index contributed by atoms with van der Waals surface area (Å²) in [5.41, 5.74) is 25.8. The zero-order chi connectivity index (χ0) is 18.4. The Hall–Kier alpha value is -2.27. The van der Waals surface area contributed by atoms with Crippen molar-refractivity contribution in [3.05, 3.63) is 0 Å². The summed E-state index contributed by atoms with van der Waals surface area (Å²) >= 11 is 0. The highest BCUT2D eigenvalue weighted by molar-refractivity contribution is 5.75. The summed E-state index contributed by atoms with van der Waals surface area (Å²) in [5.74, 6) is -1.08. The van der Waals surface area contributed by atoms with Crippen LogP contribution in [0.5, 0.6) is 0 Å². The van der Waals surface area contributed by atoms with E-state index in [0.717, 1.165) is 6.42 Å². The zero-order valence-corrected chi connectivity index (χ0v) is 13.7. The number of guanidine groups is 2. The summed E-state index contributed by atoms with van der Waals surface area (Å²) in [7, 11) is 1.68. The van der Waals surface area contributed by atoms with Gasteiger partial charge in [0.2, 0.25) is 5.96 Å². The van der Waals surface area contributed by atoms with Crippen LogP contribution in [-0.2, 0) is 9.63 Å². The van der Waals surface area contributed by atoms with Gasteiger partial charge in [-0.05, 0) is 31.3 Å². The molecule has 0 radical (unpaired) electrons. The van der Waals surface area contributed by atoms with Gasteiger partial charge in [-0.15, -0.1) is 0 Å². The second-order valence-corrected chi connectivity index (χ2v) is 5.01. The summed E-state index contributed by atoms with van der Waals surface area (Å²) in [6.07, 6.45) is 1.76. The van der Waals surface area contributed by atoms with Gasteiger partial charge in [-0.3, -0.25) is 10.2 Å². The van der Waals surface area contributed by atoms with Crippen molar-refractivity contribution in [3.8, 4) is 0 Å². The van der Waals surface area contributed by atoms with E-state index in [1.54, 1.807) is 7.05 Å². The van der Waals surface area contributed by atoms with Crippen molar-refractivity contribution in [1.82, 2.24) is 4.90 Å². The lowest BCUT2D eigenvalue weighted by Gasteiger charge is -2.16. The molecule has 24 heavy (non-hydrogen) atoms. The Labute approximate surface area is 143 Å². The SMILES string of the molecule is C.CN(CCC[C@H](N)C(=O)O)C(=N)N.C[C@@H](N)CCON=C(N)N. The van der Waals surface area contributed by atoms with E-state index in [1.807, 2.05) is 6.92 Å². The molecular formula is C13H34N8O3. The minimum atomic E-state index is -0.995. The molecule has 0 amide bonds. The van der Waals surface area contributed by atoms with Gasteiger partial charge in [-0.2, -0.15) is 0 Å². The Morgan fingerprint density at radius 2 is 1.83 bits per heavy atom. The average molecular weight is 350 g/mol. The fourth-order valence-corrected chi connectivity index (χ4v) is 1.15. The van der Waals surface area contributed by atoms with Gasteiger partial charge in [0.15, 0.2) is 5.96 Å². The van der Waals surface area contributed by atoms with Crippen molar-refractivity contribution in [1.29, 1.82) is 5.41 Å². The number of rotatable bonds is 9. The molecule has 2 atom stereocenters. The average Bonchev–Trinajstić information content (AvgIpc) is 2.43. The number of carboxylic acid groups (broad SMARTS) is 1. The fourth-order valence-electron chi connectivity index (χ4n) is 1.15. The lowest BCUT2D eigenvalue weighted by Crippen LogP contribution is -2.35. The van der Waals surface area contributed by atoms with E-state index >= 15 is 0 Å². The minimum Gasteiger partial charge on any atom is -0.480 e. The molecule has 0 bridgehead atoms. The van der Waals surface area contributed by atoms with Crippen molar-refractivity contribution in [3.63, 3.8) is 0 Å². The summed E-state index contributed by atoms with van der Waals surface area (Å²) in [5, 5.41) is 18.8. The van der Waals surface area contributed by atoms with E-state index in [2.05, 4.69) is 9.99 Å². The van der Waals surface area contributed by atoms with Gasteiger partial charge in [0.05, 0.1) is 0 Å². The van der Waals surface area contributed by atoms with Crippen molar-refractivity contribution in [2.45, 2.75) is 45.7 Å². The molecule has 11 nitrogen and oxygen atoms in total. The van der Waals surface area contributed by atoms with Crippen LogP contribution in [0.25, 0.3) is 0 Å². The molecule has 12 N–H and O–H groups in total. The molecular weight excluding hydrogens is 316 g/mol. The van der Waals surface area contributed by atoms with Gasteiger partial charge >= 0.3 is 5.97 Å². The van der Waals surface area contributed by atoms with E-state index in [1.165, 1.54) is 4.90 Å². The molecule has 0 heterocycles. The second kappa shape index (κ2) is 15.6. The first-order valence-electron chi connectivity index (χ1n) is 7.07. The maximum Gasteiger partial charge on any atom is 0.320 e. The highest BCUT2D eigenvalue weighted by Gasteiger charge is 2.10. The third-order valence-electron chi connectivity index (χ3n) is 2.57. The summed E-state index contributed by atoms with van der Waals surface area (Å²) in [4.78, 5) is 16.5. The van der Waals surface area contributed by atoms with Crippen molar-refractivity contribution < 1.29 is 14.7 Å². The molecule has 0 aliphatic rings. The molecule has 0 aromatic heterocycles. The van der Waals surface area contributed by atoms with Crippen molar-refractivity contribution >= 4 is 17.9 Å². The number of hydrogen-bond donors (Lipinski definition) is 7. The number of nitrogens with zero attached hydrogens (tertiary/aromatic N) is 2. The monoisotopic (exact) mass is 350 g/mol. The maximum absolute atomic E-state index is 10.3. The van der Waals surface area contributed by atoms with Crippen LogP contribution in [0.2, 0.25) is 0 Å². The van der Waals surface area contributed by atoms with Crippen LogP contribution in [0.1, 0.15) is 33.6 Å². The number of hydrogen-bond acceptors (Lipinski definition) is 6. The van der Waals surface area contributed by atoms with Crippen LogP contribution in [-0.4, -0.2) is 60.2 Å². The van der Waals surface area contributed by atoms with Gasteiger partial charge in [0, 0.05) is 19.6 Å². The first-order chi connectivity index (χ1) is 10.6. The van der Waals surface area contributed by atoms with E-state index in [4.69, 9.17) is 39.2 Å². The van der Waals surface area contributed by atoms with E-state index in [0.29, 0.717) is 26.0 Å². The molecule has 0 aliphatic carbocycles. The van der Waals surface area contributed by atoms with Gasteiger partial charge < -0.3 is 43.5 Å². The Bertz CT molecular complexity index is 352. The molecule has 144 valence electrons. The predicted molar refractivity (Wildman–Crippen MR) is 96.1 cm³/mol. The van der Waals surface area contributed by atoms with Crippen LogP contribution >= 0.6 is 0 Å². The van der Waals surface area contributed by atoms with Crippen LogP contribution in [0, 0.1) is 5.41 Å². The predicted octanol–water partition coefficient (Wildman–Crippen LogP) is -1.43. The lowest BCUT2D eigenvalue weighted by atomic mass is 10.1. The molecule has 0 aromatic rings. The third kappa shape index (κ3) is 19.7. The minimum absolute atomic E-state index is 0. The van der Waals surface area contributed by atoms with Crippen LogP contribution in [0.3, 0.4) is 0 Å². The number of nitrogens with two attached hydrogens (primary N) is 5. The van der Waals surface area contributed by atoms with Gasteiger partial charge in [0.1, 0.15) is 12.6 Å². The van der Waals surface area contributed by atoms with E-state index in [9.17, 15) is 4.79 Å². The molecule has 0 saturated carbocycles. The number of nitrogens with one attached hydrogen (secondary N) is 1. The Morgan fingerprint density at radius 1 is 1.29 bits per heavy atom. The van der Waals surface area contributed by atoms with Crippen molar-refractivity contribution in [2.24, 2.45) is 33.8 Å². The molecule has 0 aromatic carbocycles. The number of carboxylic acids is 1. The van der Waals surface area contributed by atoms with Gasteiger partial charge in [-0.25, -0.2) is 0 Å². The van der Waals surface area contributed by atoms with E-state index in [-0.39, 0.29) is 25.4 Å². The zero-order valence-electron chi connectivity index (χ0n) is 13.7. The number of carbonyl (C=O) groups is 1. The highest BCUT2D eigenvalue weighted by Crippen LogP contribution is 1.96. The second-order valence-electron chi connectivity index (χ2n) is 5.01. The molecule has 0 spiro atoms. The standard InChI is InChI=1S/C7H16N4O2.C5H14N4O.CH4/c1-11(7(9)10)4-2-3-5(8)6(12)13;1-4(6)2-3-10-9-5(7)8;/h5H,2-4,8H2,1H3,(H3,9,10)(H,12,13);4H,2-3,6H2,1H3,(H4,7,8,9);1H4/t5-;4-;/m01./s1. The van der Waals surface area contributed by atoms with Crippen LogP contribution in [0.4, 0.5) is 0 Å². The first-order valence-corrected chi connectivity index (χ1v) is 7.07. The Morgan fingerprint density at radius 3 is 2.21 bits per heavy atom. The molecule has 0 unspecified atom stereocenters. The number of aliphatic carboxylic acids is 1. The molecule has 0 fully saturated rings. The van der Waals surface area contributed by atoms with Crippen LogP contribution in [0.15, 0.2) is 5.16 Å². The molecule has 0 saturated heterocycles. The molecule has 11 heteroatoms.